The van der Waals surface area contributed by atoms with E-state index in [1.165, 1.54) is 12.5 Å². The molecule has 2 aliphatic rings. The third-order valence-electron chi connectivity index (χ3n) is 7.14. The molecule has 4 aromatic rings. The van der Waals surface area contributed by atoms with Gasteiger partial charge in [-0.05, 0) is 37.1 Å². The zero-order valence-corrected chi connectivity index (χ0v) is 20.1. The minimum absolute atomic E-state index is 0.125. The van der Waals surface area contributed by atoms with Gasteiger partial charge in [-0.25, -0.2) is 15.0 Å². The number of hydrogen-bond donors (Lipinski definition) is 0. The van der Waals surface area contributed by atoms with Crippen LogP contribution in [0.15, 0.2) is 49.4 Å². The third-order valence-corrected chi connectivity index (χ3v) is 7.44. The van der Waals surface area contributed by atoms with Crippen molar-refractivity contribution in [2.75, 3.05) is 31.1 Å². The number of nitrogens with zero attached hydrogens (tertiary/aromatic N) is 8. The number of imidazole rings is 1. The predicted molar refractivity (Wildman–Crippen MR) is 129 cm³/mol. The summed E-state index contributed by atoms with van der Waals surface area (Å²) in [6.07, 6.45) is 5.82. The highest BCUT2D eigenvalue weighted by atomic mass is 35.5. The topological polar surface area (TPSA) is 67.9 Å². The predicted octanol–water partition coefficient (Wildman–Crippen LogP) is 4.33. The summed E-state index contributed by atoms with van der Waals surface area (Å²) in [5.74, 6) is 0.658. The molecule has 1 spiro atoms. The second kappa shape index (κ2) is 8.74. The molecule has 36 heavy (non-hydrogen) atoms. The number of rotatable bonds is 5. The van der Waals surface area contributed by atoms with Crippen LogP contribution in [0.3, 0.4) is 0 Å². The number of halogens is 4. The van der Waals surface area contributed by atoms with Gasteiger partial charge in [0, 0.05) is 50.2 Å². The average molecular weight is 517 g/mol. The molecule has 5 heterocycles. The average Bonchev–Trinajstić information content (AvgIpc) is 3.61. The molecular weight excluding hydrogens is 493 g/mol. The van der Waals surface area contributed by atoms with Gasteiger partial charge in [-0.3, -0.25) is 9.58 Å². The van der Waals surface area contributed by atoms with E-state index in [-0.39, 0.29) is 11.1 Å². The lowest BCUT2D eigenvalue weighted by Crippen LogP contribution is -2.31. The molecule has 3 aromatic heterocycles. The van der Waals surface area contributed by atoms with Crippen molar-refractivity contribution in [3.05, 3.63) is 60.0 Å². The van der Waals surface area contributed by atoms with Crippen LogP contribution in [0.5, 0.6) is 0 Å². The molecule has 8 nitrogen and oxygen atoms in total. The summed E-state index contributed by atoms with van der Waals surface area (Å²) in [4.78, 5) is 17.2. The molecule has 0 N–H and O–H groups in total. The van der Waals surface area contributed by atoms with E-state index in [9.17, 15) is 13.2 Å². The van der Waals surface area contributed by atoms with Gasteiger partial charge in [0.2, 0.25) is 0 Å². The largest absolute Gasteiger partial charge is 0.408 e. The molecule has 0 radical (unpaired) electrons. The lowest BCUT2D eigenvalue weighted by molar-refractivity contribution is -0.142. The molecule has 0 aliphatic carbocycles. The quantitative estimate of drug-likeness (QED) is 0.393. The second-order valence-electron chi connectivity index (χ2n) is 9.76. The molecule has 188 valence electrons. The first-order valence-electron chi connectivity index (χ1n) is 11.8. The highest BCUT2D eigenvalue weighted by Crippen LogP contribution is 2.42. The molecule has 1 atom stereocenters. The van der Waals surface area contributed by atoms with Gasteiger partial charge in [-0.15, -0.1) is 0 Å². The fourth-order valence-electron chi connectivity index (χ4n) is 5.52. The van der Waals surface area contributed by atoms with Crippen molar-refractivity contribution in [2.45, 2.75) is 32.1 Å². The first-order valence-corrected chi connectivity index (χ1v) is 12.1. The Morgan fingerprint density at radius 1 is 1.08 bits per heavy atom. The van der Waals surface area contributed by atoms with Crippen LogP contribution in [0.1, 0.15) is 18.4 Å². The number of fused-ring (bicyclic) bond motifs is 1. The fourth-order valence-corrected chi connectivity index (χ4v) is 5.82. The normalized spacial score (nSPS) is 20.8. The van der Waals surface area contributed by atoms with Gasteiger partial charge in [0.25, 0.3) is 0 Å². The lowest BCUT2D eigenvalue weighted by Gasteiger charge is -2.25. The number of hydrogen-bond acceptors (Lipinski definition) is 6. The summed E-state index contributed by atoms with van der Waals surface area (Å²) in [6, 6.07) is 6.13. The Hall–Kier alpha value is -3.18. The van der Waals surface area contributed by atoms with Crippen LogP contribution >= 0.6 is 11.6 Å². The Morgan fingerprint density at radius 2 is 1.94 bits per heavy atom. The van der Waals surface area contributed by atoms with E-state index < -0.39 is 12.7 Å². The zero-order valence-electron chi connectivity index (χ0n) is 19.4. The molecule has 2 saturated heterocycles. The Morgan fingerprint density at radius 3 is 2.72 bits per heavy atom. The smallest absolute Gasteiger partial charge is 0.355 e. The van der Waals surface area contributed by atoms with Gasteiger partial charge < -0.3 is 9.47 Å². The Labute approximate surface area is 210 Å². The summed E-state index contributed by atoms with van der Waals surface area (Å²) >= 11 is 6.54. The minimum Gasteiger partial charge on any atom is -0.355 e. The maximum absolute atomic E-state index is 12.8. The number of likely N-dealkylation sites (tertiary alicyclic amines) is 1. The van der Waals surface area contributed by atoms with Crippen LogP contribution in [0, 0.1) is 5.41 Å². The van der Waals surface area contributed by atoms with Gasteiger partial charge in [-0.1, -0.05) is 17.7 Å². The summed E-state index contributed by atoms with van der Waals surface area (Å²) in [7, 11) is 0. The van der Waals surface area contributed by atoms with Crippen LogP contribution in [0.4, 0.5) is 19.0 Å². The van der Waals surface area contributed by atoms with Gasteiger partial charge in [0.1, 0.15) is 18.7 Å². The summed E-state index contributed by atoms with van der Waals surface area (Å²) in [5.41, 5.74) is 2.47. The highest BCUT2D eigenvalue weighted by molar-refractivity contribution is 6.32. The summed E-state index contributed by atoms with van der Waals surface area (Å²) in [6.45, 7) is 3.21. The van der Waals surface area contributed by atoms with Crippen molar-refractivity contribution in [1.29, 1.82) is 0 Å². The first-order chi connectivity index (χ1) is 17.3. The lowest BCUT2D eigenvalue weighted by atomic mass is 9.86. The van der Waals surface area contributed by atoms with Crippen LogP contribution in [0.25, 0.3) is 16.7 Å². The van der Waals surface area contributed by atoms with E-state index in [0.29, 0.717) is 16.2 Å². The third kappa shape index (κ3) is 4.53. The van der Waals surface area contributed by atoms with Crippen molar-refractivity contribution in [3.8, 4) is 5.69 Å². The molecule has 2 fully saturated rings. The van der Waals surface area contributed by atoms with Crippen molar-refractivity contribution in [3.63, 3.8) is 0 Å². The van der Waals surface area contributed by atoms with Crippen molar-refractivity contribution in [1.82, 2.24) is 34.2 Å². The van der Waals surface area contributed by atoms with E-state index in [1.54, 1.807) is 12.5 Å². The van der Waals surface area contributed by atoms with E-state index >= 15 is 0 Å². The first kappa shape index (κ1) is 23.2. The van der Waals surface area contributed by atoms with Crippen molar-refractivity contribution >= 4 is 28.5 Å². The molecule has 1 aromatic carbocycles. The SMILES string of the molecule is FC(F)(F)Cn1cc2c(N3CCC4(CCN(Cc5ccc(-n6ccnc6)c(Cl)c5)C4)C3)ncnc2n1. The second-order valence-corrected chi connectivity index (χ2v) is 10.2. The number of anilines is 1. The number of aromatic nitrogens is 6. The fraction of sp³-hybridized carbons (Fsp3) is 0.417. The molecule has 0 amide bonds. The van der Waals surface area contributed by atoms with E-state index in [1.807, 2.05) is 22.9 Å². The number of benzene rings is 1. The van der Waals surface area contributed by atoms with Crippen LogP contribution < -0.4 is 4.90 Å². The Balaban J connectivity index is 1.14. The maximum atomic E-state index is 12.8. The van der Waals surface area contributed by atoms with Crippen LogP contribution in [0.2, 0.25) is 5.02 Å². The van der Waals surface area contributed by atoms with Crippen molar-refractivity contribution in [2.24, 2.45) is 5.41 Å². The molecule has 12 heteroatoms. The summed E-state index contributed by atoms with van der Waals surface area (Å²) in [5, 5.41) is 5.24. The Kier molecular flexibility index (Phi) is 5.64. The maximum Gasteiger partial charge on any atom is 0.408 e. The van der Waals surface area contributed by atoms with Crippen LogP contribution in [-0.4, -0.2) is 66.6 Å². The molecule has 6 rings (SSSR count). The van der Waals surface area contributed by atoms with E-state index in [2.05, 4.69) is 35.9 Å². The highest BCUT2D eigenvalue weighted by Gasteiger charge is 2.44. The van der Waals surface area contributed by atoms with E-state index in [4.69, 9.17) is 11.6 Å². The van der Waals surface area contributed by atoms with Gasteiger partial charge in [0.15, 0.2) is 5.65 Å². The van der Waals surface area contributed by atoms with Gasteiger partial charge >= 0.3 is 6.18 Å². The minimum atomic E-state index is -4.34. The Bertz CT molecular complexity index is 1390. The monoisotopic (exact) mass is 516 g/mol. The molecule has 1 unspecified atom stereocenters. The van der Waals surface area contributed by atoms with Crippen molar-refractivity contribution < 1.29 is 13.2 Å². The molecule has 2 aliphatic heterocycles. The van der Waals surface area contributed by atoms with Crippen LogP contribution in [-0.2, 0) is 13.1 Å². The van der Waals surface area contributed by atoms with Gasteiger partial charge in [-0.2, -0.15) is 18.3 Å². The zero-order chi connectivity index (χ0) is 24.9. The molecular formula is C24H24ClF3N8. The van der Waals surface area contributed by atoms with E-state index in [0.717, 1.165) is 61.5 Å². The molecule has 0 saturated carbocycles. The molecule has 0 bridgehead atoms. The van der Waals surface area contributed by atoms with Gasteiger partial charge in [0.05, 0.1) is 22.4 Å². The standard InChI is InChI=1S/C24H24ClF3N8/c25-19-9-17(1-2-20(19)35-8-5-29-16-35)10-33-6-3-23(12-33)4-7-34(13-23)22-18-11-36(14-24(26,27)28)32-21(18)30-15-31-22/h1-2,5,8-9,11,15-16H,3-4,6-7,10,12-14H2. The summed E-state index contributed by atoms with van der Waals surface area (Å²) < 4.78 is 41.3. The number of alkyl halides is 3.